The average Bonchev–Trinajstić information content (AvgIpc) is 2.38. The Morgan fingerprint density at radius 1 is 1.50 bits per heavy atom. The lowest BCUT2D eigenvalue weighted by atomic mass is 9.99. The van der Waals surface area contributed by atoms with Crippen molar-refractivity contribution in [3.05, 3.63) is 28.3 Å². The SMILES string of the molecule is COc1ccc(OCCC(C)(N)C(N)=O)c([N+](=O)[O-])c1. The number of nitro benzene ring substituents is 1. The summed E-state index contributed by atoms with van der Waals surface area (Å²) in [6.07, 6.45) is 0.144. The zero-order valence-electron chi connectivity index (χ0n) is 11.3. The summed E-state index contributed by atoms with van der Waals surface area (Å²) in [5, 5.41) is 10.9. The highest BCUT2D eigenvalue weighted by Gasteiger charge is 2.26. The number of amides is 1. The minimum atomic E-state index is -1.22. The molecule has 110 valence electrons. The summed E-state index contributed by atoms with van der Waals surface area (Å²) in [5.41, 5.74) is 9.34. The predicted octanol–water partition coefficient (Wildman–Crippen LogP) is 0.575. The van der Waals surface area contributed by atoms with Gasteiger partial charge in [-0.2, -0.15) is 0 Å². The van der Waals surface area contributed by atoms with Crippen LogP contribution >= 0.6 is 0 Å². The molecule has 0 fully saturated rings. The van der Waals surface area contributed by atoms with Crippen molar-refractivity contribution < 1.29 is 19.2 Å². The molecule has 0 radical (unpaired) electrons. The summed E-state index contributed by atoms with van der Waals surface area (Å²) in [7, 11) is 1.41. The van der Waals surface area contributed by atoms with Gasteiger partial charge in [0.2, 0.25) is 5.91 Å². The zero-order chi connectivity index (χ0) is 15.3. The van der Waals surface area contributed by atoms with E-state index >= 15 is 0 Å². The molecule has 0 aliphatic rings. The number of rotatable bonds is 7. The maximum atomic E-state index is 11.0. The number of methoxy groups -OCH3 is 1. The second kappa shape index (κ2) is 6.20. The second-order valence-electron chi connectivity index (χ2n) is 4.47. The topological polar surface area (TPSA) is 131 Å². The van der Waals surface area contributed by atoms with Gasteiger partial charge in [0, 0.05) is 6.42 Å². The number of primary amides is 1. The molecule has 8 nitrogen and oxygen atoms in total. The van der Waals surface area contributed by atoms with Gasteiger partial charge in [-0.1, -0.05) is 0 Å². The number of hydrogen-bond acceptors (Lipinski definition) is 6. The lowest BCUT2D eigenvalue weighted by molar-refractivity contribution is -0.385. The van der Waals surface area contributed by atoms with Gasteiger partial charge in [0.05, 0.1) is 30.2 Å². The van der Waals surface area contributed by atoms with Gasteiger partial charge in [-0.15, -0.1) is 0 Å². The molecule has 1 aromatic rings. The average molecular weight is 283 g/mol. The number of carbonyl (C=O) groups excluding carboxylic acids is 1. The molecule has 0 spiro atoms. The fourth-order valence-electron chi connectivity index (χ4n) is 1.39. The van der Waals surface area contributed by atoms with Gasteiger partial charge in [-0.05, 0) is 19.1 Å². The first kappa shape index (κ1) is 15.7. The first-order valence-corrected chi connectivity index (χ1v) is 5.82. The fourth-order valence-corrected chi connectivity index (χ4v) is 1.39. The van der Waals surface area contributed by atoms with Crippen LogP contribution in [0.25, 0.3) is 0 Å². The minimum Gasteiger partial charge on any atom is -0.496 e. The number of carbonyl (C=O) groups is 1. The van der Waals surface area contributed by atoms with E-state index in [-0.39, 0.29) is 24.5 Å². The molecule has 1 unspecified atom stereocenters. The van der Waals surface area contributed by atoms with Crippen molar-refractivity contribution in [2.45, 2.75) is 18.9 Å². The Morgan fingerprint density at radius 2 is 2.15 bits per heavy atom. The lowest BCUT2D eigenvalue weighted by Crippen LogP contribution is -2.50. The summed E-state index contributed by atoms with van der Waals surface area (Å²) in [6.45, 7) is 1.50. The van der Waals surface area contributed by atoms with Crippen LogP contribution in [0.3, 0.4) is 0 Å². The second-order valence-corrected chi connectivity index (χ2v) is 4.47. The van der Waals surface area contributed by atoms with Crippen molar-refractivity contribution >= 4 is 11.6 Å². The third kappa shape index (κ3) is 3.82. The monoisotopic (exact) mass is 283 g/mol. The Balaban J connectivity index is 2.78. The van der Waals surface area contributed by atoms with Crippen molar-refractivity contribution in [1.82, 2.24) is 0 Å². The number of nitrogens with two attached hydrogens (primary N) is 2. The van der Waals surface area contributed by atoms with Gasteiger partial charge < -0.3 is 20.9 Å². The molecule has 0 aliphatic carbocycles. The van der Waals surface area contributed by atoms with Crippen LogP contribution in [0, 0.1) is 10.1 Å². The molecule has 1 amide bonds. The molecule has 4 N–H and O–H groups in total. The first-order valence-electron chi connectivity index (χ1n) is 5.82. The number of ether oxygens (including phenoxy) is 2. The van der Waals surface area contributed by atoms with Crippen molar-refractivity contribution in [1.29, 1.82) is 0 Å². The van der Waals surface area contributed by atoms with Crippen LogP contribution in [-0.4, -0.2) is 30.1 Å². The molecular weight excluding hydrogens is 266 g/mol. The van der Waals surface area contributed by atoms with E-state index in [2.05, 4.69) is 0 Å². The van der Waals surface area contributed by atoms with Gasteiger partial charge in [-0.3, -0.25) is 14.9 Å². The molecule has 0 heterocycles. The van der Waals surface area contributed by atoms with Crippen molar-refractivity contribution in [3.63, 3.8) is 0 Å². The Morgan fingerprint density at radius 3 is 2.65 bits per heavy atom. The van der Waals surface area contributed by atoms with E-state index in [0.29, 0.717) is 5.75 Å². The van der Waals surface area contributed by atoms with Crippen molar-refractivity contribution in [2.75, 3.05) is 13.7 Å². The molecule has 1 aromatic carbocycles. The summed E-state index contributed by atoms with van der Waals surface area (Å²) in [5.74, 6) is -0.230. The van der Waals surface area contributed by atoms with Crippen molar-refractivity contribution in [2.24, 2.45) is 11.5 Å². The molecule has 0 saturated carbocycles. The highest BCUT2D eigenvalue weighted by Crippen LogP contribution is 2.31. The van der Waals surface area contributed by atoms with E-state index < -0.39 is 16.4 Å². The molecule has 0 bridgehead atoms. The van der Waals surface area contributed by atoms with Crippen LogP contribution in [-0.2, 0) is 4.79 Å². The molecule has 0 saturated heterocycles. The Hall–Kier alpha value is -2.35. The van der Waals surface area contributed by atoms with E-state index in [1.54, 1.807) is 0 Å². The van der Waals surface area contributed by atoms with Crippen LogP contribution in [0.4, 0.5) is 5.69 Å². The van der Waals surface area contributed by atoms with Gasteiger partial charge in [0.25, 0.3) is 0 Å². The van der Waals surface area contributed by atoms with Crippen LogP contribution in [0.2, 0.25) is 0 Å². The summed E-state index contributed by atoms with van der Waals surface area (Å²) in [4.78, 5) is 21.4. The van der Waals surface area contributed by atoms with E-state index in [4.69, 9.17) is 20.9 Å². The lowest BCUT2D eigenvalue weighted by Gasteiger charge is -2.20. The smallest absolute Gasteiger partial charge is 0.314 e. The summed E-state index contributed by atoms with van der Waals surface area (Å²) < 4.78 is 10.2. The highest BCUT2D eigenvalue weighted by atomic mass is 16.6. The van der Waals surface area contributed by atoms with E-state index in [0.717, 1.165) is 0 Å². The van der Waals surface area contributed by atoms with E-state index in [1.165, 1.54) is 32.2 Å². The standard InChI is InChI=1S/C12H17N3O5/c1-12(14,11(13)16)5-6-20-10-4-3-8(19-2)7-9(10)15(17)18/h3-4,7H,5-6,14H2,1-2H3,(H2,13,16). The molecular formula is C12H17N3O5. The molecule has 0 aliphatic heterocycles. The third-order valence-electron chi connectivity index (χ3n) is 2.80. The third-order valence-corrected chi connectivity index (χ3v) is 2.80. The van der Waals surface area contributed by atoms with Gasteiger partial charge in [0.1, 0.15) is 5.75 Å². The number of hydrogen-bond donors (Lipinski definition) is 2. The molecule has 1 rings (SSSR count). The number of nitro groups is 1. The summed E-state index contributed by atoms with van der Waals surface area (Å²) in [6, 6.07) is 4.22. The van der Waals surface area contributed by atoms with Crippen molar-refractivity contribution in [3.8, 4) is 11.5 Å². The predicted molar refractivity (Wildman–Crippen MR) is 71.5 cm³/mol. The van der Waals surface area contributed by atoms with E-state index in [9.17, 15) is 14.9 Å². The number of nitrogens with zero attached hydrogens (tertiary/aromatic N) is 1. The molecule has 1 atom stereocenters. The molecule has 8 heteroatoms. The van der Waals surface area contributed by atoms with Crippen LogP contribution in [0.5, 0.6) is 11.5 Å². The Bertz CT molecular complexity index is 516. The zero-order valence-corrected chi connectivity index (χ0v) is 11.3. The maximum absolute atomic E-state index is 11.0. The van der Waals surface area contributed by atoms with Gasteiger partial charge in [0.15, 0.2) is 5.75 Å². The minimum absolute atomic E-state index is 0.0309. The Labute approximate surface area is 115 Å². The molecule has 20 heavy (non-hydrogen) atoms. The first-order chi connectivity index (χ1) is 9.27. The quantitative estimate of drug-likeness (QED) is 0.555. The normalized spacial score (nSPS) is 13.3. The largest absolute Gasteiger partial charge is 0.496 e. The highest BCUT2D eigenvalue weighted by molar-refractivity contribution is 5.83. The molecule has 0 aromatic heterocycles. The summed E-state index contributed by atoms with van der Waals surface area (Å²) >= 11 is 0. The maximum Gasteiger partial charge on any atom is 0.314 e. The van der Waals surface area contributed by atoms with Crippen LogP contribution in [0.1, 0.15) is 13.3 Å². The van der Waals surface area contributed by atoms with Gasteiger partial charge >= 0.3 is 5.69 Å². The van der Waals surface area contributed by atoms with Gasteiger partial charge in [-0.25, -0.2) is 0 Å². The van der Waals surface area contributed by atoms with Crippen LogP contribution < -0.4 is 20.9 Å². The fraction of sp³-hybridized carbons (Fsp3) is 0.417. The van der Waals surface area contributed by atoms with Crippen LogP contribution in [0.15, 0.2) is 18.2 Å². The number of benzene rings is 1. The van der Waals surface area contributed by atoms with E-state index in [1.807, 2.05) is 0 Å². The Kier molecular flexibility index (Phi) is 4.87.